The van der Waals surface area contributed by atoms with Crippen LogP contribution in [-0.2, 0) is 6.42 Å². The average Bonchev–Trinajstić information content (AvgIpc) is 2.42. The molecule has 0 bridgehead atoms. The predicted molar refractivity (Wildman–Crippen MR) is 85.9 cm³/mol. The Kier molecular flexibility index (Phi) is 4.28. The second-order valence-electron chi connectivity index (χ2n) is 5.92. The van der Waals surface area contributed by atoms with E-state index < -0.39 is 0 Å². The molecule has 0 saturated carbocycles. The molecule has 0 aliphatic carbocycles. The van der Waals surface area contributed by atoms with Crippen molar-refractivity contribution in [2.75, 3.05) is 11.1 Å². The summed E-state index contributed by atoms with van der Waals surface area (Å²) in [6.07, 6.45) is 3.89. The number of pyridine rings is 1. The van der Waals surface area contributed by atoms with E-state index >= 15 is 0 Å². The monoisotopic (exact) mass is 269 g/mol. The summed E-state index contributed by atoms with van der Waals surface area (Å²) >= 11 is 0. The highest BCUT2D eigenvalue weighted by atomic mass is 15.0. The van der Waals surface area contributed by atoms with Gasteiger partial charge in [-0.15, -0.1) is 0 Å². The number of rotatable bonds is 5. The second-order valence-corrected chi connectivity index (χ2v) is 5.92. The zero-order chi connectivity index (χ0) is 14.6. The van der Waals surface area contributed by atoms with Crippen molar-refractivity contribution in [2.24, 2.45) is 0 Å². The molecule has 20 heavy (non-hydrogen) atoms. The van der Waals surface area contributed by atoms with Crippen LogP contribution in [0.15, 0.2) is 42.6 Å². The van der Waals surface area contributed by atoms with Gasteiger partial charge >= 0.3 is 0 Å². The van der Waals surface area contributed by atoms with E-state index in [0.29, 0.717) is 0 Å². The Morgan fingerprint density at radius 1 is 1.20 bits per heavy atom. The van der Waals surface area contributed by atoms with E-state index in [1.165, 1.54) is 5.56 Å². The van der Waals surface area contributed by atoms with Crippen LogP contribution in [0.1, 0.15) is 31.4 Å². The highest BCUT2D eigenvalue weighted by molar-refractivity contribution is 5.54. The first-order valence-electron chi connectivity index (χ1n) is 7.00. The van der Waals surface area contributed by atoms with Gasteiger partial charge in [0.25, 0.3) is 0 Å². The second kappa shape index (κ2) is 5.95. The number of hydrogen-bond donors (Lipinski definition) is 2. The molecule has 1 heterocycles. The first-order chi connectivity index (χ1) is 9.46. The van der Waals surface area contributed by atoms with Crippen molar-refractivity contribution in [3.05, 3.63) is 53.7 Å². The van der Waals surface area contributed by atoms with Gasteiger partial charge in [0.15, 0.2) is 0 Å². The molecular weight excluding hydrogens is 246 g/mol. The summed E-state index contributed by atoms with van der Waals surface area (Å²) < 4.78 is 0. The summed E-state index contributed by atoms with van der Waals surface area (Å²) in [6, 6.07) is 12.4. The van der Waals surface area contributed by atoms with E-state index in [-0.39, 0.29) is 5.54 Å². The molecule has 0 unspecified atom stereocenters. The average molecular weight is 269 g/mol. The zero-order valence-electron chi connectivity index (χ0n) is 12.5. The third-order valence-electron chi connectivity index (χ3n) is 3.49. The quantitative estimate of drug-likeness (QED) is 0.868. The number of benzene rings is 1. The molecule has 3 nitrogen and oxygen atoms in total. The minimum atomic E-state index is -0.0233. The number of aromatic nitrogens is 1. The first kappa shape index (κ1) is 14.4. The van der Waals surface area contributed by atoms with Crippen molar-refractivity contribution in [1.82, 2.24) is 4.98 Å². The molecule has 0 radical (unpaired) electrons. The molecule has 1 aromatic carbocycles. The van der Waals surface area contributed by atoms with Crippen LogP contribution in [-0.4, -0.2) is 10.5 Å². The van der Waals surface area contributed by atoms with Gasteiger partial charge in [0.2, 0.25) is 0 Å². The Labute approximate surface area is 121 Å². The minimum Gasteiger partial charge on any atom is -0.398 e. The maximum absolute atomic E-state index is 5.92. The molecule has 0 fully saturated rings. The maximum Gasteiger partial charge on any atom is 0.128 e. The Morgan fingerprint density at radius 2 is 1.90 bits per heavy atom. The Morgan fingerprint density at radius 3 is 2.55 bits per heavy atom. The molecule has 0 aliphatic rings. The molecule has 2 aromatic rings. The SMILES string of the molecule is Cc1cnc(NC(C)(C)CCc2ccccc2)cc1N. The van der Waals surface area contributed by atoms with Crippen LogP contribution in [0.2, 0.25) is 0 Å². The van der Waals surface area contributed by atoms with Crippen LogP contribution < -0.4 is 11.1 Å². The lowest BCUT2D eigenvalue weighted by molar-refractivity contribution is 0.516. The van der Waals surface area contributed by atoms with E-state index in [9.17, 15) is 0 Å². The van der Waals surface area contributed by atoms with Crippen LogP contribution in [0, 0.1) is 6.92 Å². The molecule has 0 saturated heterocycles. The summed E-state index contributed by atoms with van der Waals surface area (Å²) in [5.74, 6) is 0.839. The fraction of sp³-hybridized carbons (Fsp3) is 0.353. The highest BCUT2D eigenvalue weighted by Gasteiger charge is 2.18. The van der Waals surface area contributed by atoms with Crippen LogP contribution in [0.4, 0.5) is 11.5 Å². The van der Waals surface area contributed by atoms with Crippen LogP contribution >= 0.6 is 0 Å². The summed E-state index contributed by atoms with van der Waals surface area (Å²) in [6.45, 7) is 6.34. The van der Waals surface area contributed by atoms with E-state index in [1.54, 1.807) is 0 Å². The number of aryl methyl sites for hydroxylation is 2. The summed E-state index contributed by atoms with van der Waals surface area (Å²) in [4.78, 5) is 4.39. The predicted octanol–water partition coefficient (Wildman–Crippen LogP) is 3.80. The van der Waals surface area contributed by atoms with E-state index in [4.69, 9.17) is 5.73 Å². The molecule has 0 amide bonds. The third-order valence-corrected chi connectivity index (χ3v) is 3.49. The topological polar surface area (TPSA) is 50.9 Å². The van der Waals surface area contributed by atoms with Crippen molar-refractivity contribution in [2.45, 2.75) is 39.2 Å². The first-order valence-corrected chi connectivity index (χ1v) is 7.00. The van der Waals surface area contributed by atoms with Gasteiger partial charge in [0, 0.05) is 23.5 Å². The fourth-order valence-electron chi connectivity index (χ4n) is 2.12. The molecule has 0 atom stereocenters. The van der Waals surface area contributed by atoms with Gasteiger partial charge in [0.05, 0.1) is 0 Å². The van der Waals surface area contributed by atoms with Gasteiger partial charge < -0.3 is 11.1 Å². The normalized spacial score (nSPS) is 11.3. The molecule has 106 valence electrons. The van der Waals surface area contributed by atoms with Gasteiger partial charge in [-0.2, -0.15) is 0 Å². The summed E-state index contributed by atoms with van der Waals surface area (Å²) in [5, 5.41) is 3.47. The van der Waals surface area contributed by atoms with E-state index in [2.05, 4.69) is 48.4 Å². The minimum absolute atomic E-state index is 0.0233. The lowest BCUT2D eigenvalue weighted by Crippen LogP contribution is -2.31. The number of nitrogen functional groups attached to an aromatic ring is 1. The van der Waals surface area contributed by atoms with Gasteiger partial charge in [-0.05, 0) is 44.7 Å². The van der Waals surface area contributed by atoms with Gasteiger partial charge in [0.1, 0.15) is 5.82 Å². The van der Waals surface area contributed by atoms with Crippen molar-refractivity contribution >= 4 is 11.5 Å². The number of anilines is 2. The molecule has 3 heteroatoms. The maximum atomic E-state index is 5.92. The smallest absolute Gasteiger partial charge is 0.128 e. The summed E-state index contributed by atoms with van der Waals surface area (Å²) in [7, 11) is 0. The lowest BCUT2D eigenvalue weighted by atomic mass is 9.95. The number of hydrogen-bond acceptors (Lipinski definition) is 3. The largest absolute Gasteiger partial charge is 0.398 e. The highest BCUT2D eigenvalue weighted by Crippen LogP contribution is 2.21. The van der Waals surface area contributed by atoms with Crippen molar-refractivity contribution in [3.63, 3.8) is 0 Å². The van der Waals surface area contributed by atoms with Gasteiger partial charge in [-0.1, -0.05) is 30.3 Å². The molecule has 0 aliphatic heterocycles. The summed E-state index contributed by atoms with van der Waals surface area (Å²) in [5.41, 5.74) is 9.05. The van der Waals surface area contributed by atoms with Crippen molar-refractivity contribution in [1.29, 1.82) is 0 Å². The van der Waals surface area contributed by atoms with E-state index in [1.807, 2.05) is 25.3 Å². The Bertz CT molecular complexity index is 562. The third kappa shape index (κ3) is 3.98. The van der Waals surface area contributed by atoms with Crippen LogP contribution in [0.3, 0.4) is 0 Å². The van der Waals surface area contributed by atoms with Crippen LogP contribution in [0.5, 0.6) is 0 Å². The Hall–Kier alpha value is -2.03. The zero-order valence-corrected chi connectivity index (χ0v) is 12.5. The van der Waals surface area contributed by atoms with Crippen molar-refractivity contribution in [3.8, 4) is 0 Å². The van der Waals surface area contributed by atoms with Crippen LogP contribution in [0.25, 0.3) is 0 Å². The molecule has 3 N–H and O–H groups in total. The number of nitrogens with two attached hydrogens (primary N) is 1. The Balaban J connectivity index is 1.98. The molecule has 0 spiro atoms. The van der Waals surface area contributed by atoms with E-state index in [0.717, 1.165) is 29.9 Å². The standard InChI is InChI=1S/C17H23N3/c1-13-12-19-16(11-15(13)18)20-17(2,3)10-9-14-7-5-4-6-8-14/h4-8,11-12H,9-10H2,1-3H3,(H3,18,19,20). The van der Waals surface area contributed by atoms with Gasteiger partial charge in [-0.25, -0.2) is 4.98 Å². The molecule has 1 aromatic heterocycles. The number of nitrogens with zero attached hydrogens (tertiary/aromatic N) is 1. The fourth-order valence-corrected chi connectivity index (χ4v) is 2.12. The number of nitrogens with one attached hydrogen (secondary N) is 1. The van der Waals surface area contributed by atoms with Gasteiger partial charge in [-0.3, -0.25) is 0 Å². The molecule has 2 rings (SSSR count). The molecular formula is C17H23N3. The van der Waals surface area contributed by atoms with Crippen molar-refractivity contribution < 1.29 is 0 Å². The lowest BCUT2D eigenvalue weighted by Gasteiger charge is -2.27.